The molecule has 0 aliphatic carbocycles. The highest BCUT2D eigenvalue weighted by atomic mass is 19.4. The summed E-state index contributed by atoms with van der Waals surface area (Å²) in [4.78, 5) is 24.3. The first kappa shape index (κ1) is 19.2. The molecule has 0 saturated heterocycles. The van der Waals surface area contributed by atoms with Crippen molar-refractivity contribution in [3.8, 4) is 17.5 Å². The Bertz CT molecular complexity index is 1050. The van der Waals surface area contributed by atoms with Crippen LogP contribution in [0.3, 0.4) is 0 Å². The largest absolute Gasteiger partial charge is 0.471 e. The third-order valence-electron chi connectivity index (χ3n) is 3.77. The second kappa shape index (κ2) is 7.19. The molecule has 0 bridgehead atoms. The average Bonchev–Trinajstić information content (AvgIpc) is 3.12. The van der Waals surface area contributed by atoms with Gasteiger partial charge in [-0.3, -0.25) is 4.79 Å². The van der Waals surface area contributed by atoms with E-state index in [1.807, 2.05) is 6.07 Å². The van der Waals surface area contributed by atoms with Crippen LogP contribution in [-0.2, 0) is 6.18 Å². The van der Waals surface area contributed by atoms with Gasteiger partial charge in [-0.05, 0) is 19.9 Å². The zero-order chi connectivity index (χ0) is 20.5. The van der Waals surface area contributed by atoms with Crippen molar-refractivity contribution in [3.05, 3.63) is 59.0 Å². The Morgan fingerprint density at radius 1 is 1.14 bits per heavy atom. The van der Waals surface area contributed by atoms with E-state index in [1.54, 1.807) is 19.9 Å². The third kappa shape index (κ3) is 3.88. The van der Waals surface area contributed by atoms with E-state index in [0.717, 1.165) is 0 Å². The van der Waals surface area contributed by atoms with Crippen LogP contribution >= 0.6 is 0 Å². The Hall–Kier alpha value is -3.61. The van der Waals surface area contributed by atoms with Gasteiger partial charge in [0, 0.05) is 16.8 Å². The van der Waals surface area contributed by atoms with Crippen LogP contribution in [0.25, 0.3) is 11.4 Å². The molecule has 0 N–H and O–H groups in total. The van der Waals surface area contributed by atoms with Gasteiger partial charge in [0.2, 0.25) is 5.82 Å². The number of carbonyl (C=O) groups is 1. The Balaban J connectivity index is 1.87. The van der Waals surface area contributed by atoms with Gasteiger partial charge in [0.05, 0.1) is 11.8 Å². The molecule has 0 aliphatic heterocycles. The molecule has 0 fully saturated rings. The minimum Gasteiger partial charge on any atom is -0.329 e. The summed E-state index contributed by atoms with van der Waals surface area (Å²) in [6, 6.07) is 9.01. The summed E-state index contributed by atoms with van der Waals surface area (Å²) in [6.07, 6.45) is -4.74. The second-order valence-electron chi connectivity index (χ2n) is 5.91. The van der Waals surface area contributed by atoms with E-state index < -0.39 is 23.8 Å². The first-order chi connectivity index (χ1) is 13.2. The average molecular weight is 387 g/mol. The molecule has 0 amide bonds. The number of aromatic nitrogens is 4. The van der Waals surface area contributed by atoms with Gasteiger partial charge in [-0.2, -0.15) is 23.4 Å². The molecule has 2 heterocycles. The van der Waals surface area contributed by atoms with Crippen molar-refractivity contribution >= 4 is 5.78 Å². The lowest BCUT2D eigenvalue weighted by molar-refractivity contribution is -0.159. The molecule has 0 unspecified atom stereocenters. The van der Waals surface area contributed by atoms with Gasteiger partial charge < -0.3 is 4.52 Å². The lowest BCUT2D eigenvalue weighted by Crippen LogP contribution is -2.14. The van der Waals surface area contributed by atoms with Crippen LogP contribution in [0.5, 0.6) is 0 Å². The number of hydrogen-bond acceptors (Lipinski definition) is 7. The van der Waals surface area contributed by atoms with Crippen molar-refractivity contribution in [2.45, 2.75) is 25.9 Å². The number of alkyl halides is 3. The Kier molecular flexibility index (Phi) is 4.92. The number of carbonyl (C=O) groups excluding carboxylic acids is 1. The molecule has 10 heteroatoms. The summed E-state index contributed by atoms with van der Waals surface area (Å²) in [5.74, 6) is -2.90. The van der Waals surface area contributed by atoms with Gasteiger partial charge in [0.25, 0.3) is 0 Å². The van der Waals surface area contributed by atoms with Gasteiger partial charge in [0.1, 0.15) is 5.82 Å². The molecule has 0 spiro atoms. The molecule has 3 rings (SSSR count). The first-order valence-electron chi connectivity index (χ1n) is 7.96. The number of benzene rings is 1. The van der Waals surface area contributed by atoms with Gasteiger partial charge in [-0.1, -0.05) is 29.4 Å². The lowest BCUT2D eigenvalue weighted by Gasteiger charge is -2.09. The highest BCUT2D eigenvalue weighted by Crippen LogP contribution is 2.29. The highest BCUT2D eigenvalue weighted by molar-refractivity contribution is 6.02. The van der Waals surface area contributed by atoms with Crippen molar-refractivity contribution < 1.29 is 22.5 Å². The zero-order valence-corrected chi connectivity index (χ0v) is 14.7. The number of aryl methyl sites for hydroxylation is 2. The number of Topliss-reactive ketones (excluding diaryl/α,β-unsaturated/α-hetero) is 1. The lowest BCUT2D eigenvalue weighted by atomic mass is 9.94. The maximum absolute atomic E-state index is 12.7. The van der Waals surface area contributed by atoms with Gasteiger partial charge in [-0.25, -0.2) is 9.97 Å². The predicted molar refractivity (Wildman–Crippen MR) is 88.9 cm³/mol. The van der Waals surface area contributed by atoms with Crippen LogP contribution in [-0.4, -0.2) is 25.9 Å². The zero-order valence-electron chi connectivity index (χ0n) is 14.7. The quantitative estimate of drug-likeness (QED) is 0.629. The summed E-state index contributed by atoms with van der Waals surface area (Å²) in [7, 11) is 0. The molecule has 1 aromatic carbocycles. The van der Waals surface area contributed by atoms with E-state index >= 15 is 0 Å². The smallest absolute Gasteiger partial charge is 0.329 e. The molecule has 2 aromatic heterocycles. The van der Waals surface area contributed by atoms with Gasteiger partial charge >= 0.3 is 12.1 Å². The summed E-state index contributed by atoms with van der Waals surface area (Å²) < 4.78 is 41.8. The summed E-state index contributed by atoms with van der Waals surface area (Å²) in [5.41, 5.74) is 1.35. The Morgan fingerprint density at radius 2 is 1.82 bits per heavy atom. The first-order valence-corrected chi connectivity index (χ1v) is 7.96. The maximum atomic E-state index is 12.7. The van der Waals surface area contributed by atoms with E-state index in [4.69, 9.17) is 0 Å². The standard InChI is InChI=1S/C18H12F3N5O2/c1-9-7-14(24-10(2)23-9)13(8-22)15(27)11-3-5-12(6-4-11)16-25-17(28-26-16)18(19,20)21/h3-7,13H,1-2H3/t13-/m0/s1. The highest BCUT2D eigenvalue weighted by Gasteiger charge is 2.38. The summed E-state index contributed by atoms with van der Waals surface area (Å²) >= 11 is 0. The fourth-order valence-electron chi connectivity index (χ4n) is 2.56. The number of ketones is 1. The molecular formula is C18H12F3N5O2. The molecule has 0 saturated carbocycles. The van der Waals surface area contributed by atoms with E-state index in [0.29, 0.717) is 11.5 Å². The monoisotopic (exact) mass is 387 g/mol. The second-order valence-corrected chi connectivity index (χ2v) is 5.91. The molecule has 7 nitrogen and oxygen atoms in total. The summed E-state index contributed by atoms with van der Waals surface area (Å²) in [6.45, 7) is 3.39. The molecule has 1 atom stereocenters. The molecule has 0 aliphatic rings. The Morgan fingerprint density at radius 3 is 2.36 bits per heavy atom. The number of nitrogens with zero attached hydrogens (tertiary/aromatic N) is 5. The van der Waals surface area contributed by atoms with Crippen LogP contribution in [0.15, 0.2) is 34.9 Å². The molecular weight excluding hydrogens is 375 g/mol. The van der Waals surface area contributed by atoms with Crippen molar-refractivity contribution in [1.29, 1.82) is 5.26 Å². The molecule has 3 aromatic rings. The van der Waals surface area contributed by atoms with Crippen molar-refractivity contribution in [2.75, 3.05) is 0 Å². The minimum absolute atomic E-state index is 0.198. The normalized spacial score (nSPS) is 12.4. The number of rotatable bonds is 4. The molecule has 0 radical (unpaired) electrons. The van der Waals surface area contributed by atoms with E-state index in [1.165, 1.54) is 24.3 Å². The fraction of sp³-hybridized carbons (Fsp3) is 0.222. The van der Waals surface area contributed by atoms with Crippen LogP contribution < -0.4 is 0 Å². The van der Waals surface area contributed by atoms with Crippen molar-refractivity contribution in [1.82, 2.24) is 20.1 Å². The van der Waals surface area contributed by atoms with E-state index in [2.05, 4.69) is 24.6 Å². The van der Waals surface area contributed by atoms with Crippen LogP contribution in [0, 0.1) is 25.2 Å². The molecule has 28 heavy (non-hydrogen) atoms. The van der Waals surface area contributed by atoms with Crippen LogP contribution in [0.2, 0.25) is 0 Å². The number of halogens is 3. The Labute approximate surface area is 156 Å². The van der Waals surface area contributed by atoms with E-state index in [9.17, 15) is 23.2 Å². The minimum atomic E-state index is -4.74. The topological polar surface area (TPSA) is 106 Å². The summed E-state index contributed by atoms with van der Waals surface area (Å²) in [5, 5.41) is 12.7. The molecule has 142 valence electrons. The van der Waals surface area contributed by atoms with Crippen LogP contribution in [0.1, 0.15) is 39.4 Å². The van der Waals surface area contributed by atoms with Crippen molar-refractivity contribution in [2.24, 2.45) is 0 Å². The van der Waals surface area contributed by atoms with Gasteiger partial charge in [-0.15, -0.1) is 0 Å². The SMILES string of the molecule is Cc1cc([C@H](C#N)C(=O)c2ccc(-c3noc(C(F)(F)F)n3)cc2)nc(C)n1. The maximum Gasteiger partial charge on any atom is 0.471 e. The van der Waals surface area contributed by atoms with Crippen LogP contribution in [0.4, 0.5) is 13.2 Å². The third-order valence-corrected chi connectivity index (χ3v) is 3.77. The number of hydrogen-bond donors (Lipinski definition) is 0. The van der Waals surface area contributed by atoms with Crippen molar-refractivity contribution in [3.63, 3.8) is 0 Å². The number of nitriles is 1. The predicted octanol–water partition coefficient (Wildman–Crippen LogP) is 3.65. The van der Waals surface area contributed by atoms with Gasteiger partial charge in [0.15, 0.2) is 11.7 Å². The van der Waals surface area contributed by atoms with E-state index in [-0.39, 0.29) is 22.6 Å². The fourth-order valence-corrected chi connectivity index (χ4v) is 2.56.